The van der Waals surface area contributed by atoms with Gasteiger partial charge in [0.25, 0.3) is 5.91 Å². The fourth-order valence-corrected chi connectivity index (χ4v) is 4.81. The van der Waals surface area contributed by atoms with Crippen LogP contribution in [0.1, 0.15) is 33.3 Å². The number of carbonyl (C=O) groups is 2. The summed E-state index contributed by atoms with van der Waals surface area (Å²) in [5.41, 5.74) is 4.02. The summed E-state index contributed by atoms with van der Waals surface area (Å²) in [7, 11) is 0. The maximum Gasteiger partial charge on any atom is 0.410 e. The van der Waals surface area contributed by atoms with Gasteiger partial charge < -0.3 is 15.0 Å². The lowest BCUT2D eigenvalue weighted by atomic mass is 10.0. The van der Waals surface area contributed by atoms with E-state index in [1.807, 2.05) is 42.5 Å². The predicted octanol–water partition coefficient (Wildman–Crippen LogP) is 5.05. The number of anilines is 1. The molecule has 1 aromatic heterocycles. The van der Waals surface area contributed by atoms with E-state index in [2.05, 4.69) is 11.4 Å². The third kappa shape index (κ3) is 4.30. The first kappa shape index (κ1) is 20.6. The van der Waals surface area contributed by atoms with Crippen molar-refractivity contribution in [3.8, 4) is 17.2 Å². The van der Waals surface area contributed by atoms with Gasteiger partial charge in [0.2, 0.25) is 0 Å². The van der Waals surface area contributed by atoms with Gasteiger partial charge in [0.1, 0.15) is 11.1 Å². The molecule has 4 rings (SSSR count). The van der Waals surface area contributed by atoms with Gasteiger partial charge in [-0.1, -0.05) is 42.5 Å². The summed E-state index contributed by atoms with van der Waals surface area (Å²) in [6.45, 7) is 2.97. The number of carbonyl (C=O) groups excluding carboxylic acids is 2. The van der Waals surface area contributed by atoms with Crippen molar-refractivity contribution in [2.24, 2.45) is 0 Å². The van der Waals surface area contributed by atoms with Gasteiger partial charge in [-0.3, -0.25) is 4.79 Å². The van der Waals surface area contributed by atoms with E-state index in [1.54, 1.807) is 24.0 Å². The van der Waals surface area contributed by atoms with Crippen LogP contribution < -0.4 is 5.32 Å². The number of nitrogens with zero attached hydrogens (tertiary/aromatic N) is 2. The van der Waals surface area contributed by atoms with Crippen molar-refractivity contribution in [3.05, 3.63) is 76.2 Å². The summed E-state index contributed by atoms with van der Waals surface area (Å²) < 4.78 is 5.08. The van der Waals surface area contributed by atoms with Crippen molar-refractivity contribution in [1.82, 2.24) is 4.90 Å². The minimum atomic E-state index is -0.357. The zero-order chi connectivity index (χ0) is 21.8. The Morgan fingerprint density at radius 1 is 1.13 bits per heavy atom. The van der Waals surface area contributed by atoms with Gasteiger partial charge in [-0.2, -0.15) is 5.26 Å². The van der Waals surface area contributed by atoms with E-state index in [4.69, 9.17) is 4.74 Å². The second kappa shape index (κ2) is 9.02. The normalized spacial score (nSPS) is 12.6. The molecular formula is C24H21N3O3S. The molecule has 156 valence electrons. The van der Waals surface area contributed by atoms with Crippen LogP contribution in [0.3, 0.4) is 0 Å². The zero-order valence-corrected chi connectivity index (χ0v) is 17.9. The molecule has 0 fully saturated rings. The number of amides is 2. The van der Waals surface area contributed by atoms with Gasteiger partial charge in [0.05, 0.1) is 18.7 Å². The topological polar surface area (TPSA) is 82.4 Å². The van der Waals surface area contributed by atoms with Gasteiger partial charge in [-0.05, 0) is 42.2 Å². The number of hydrogen-bond acceptors (Lipinski definition) is 5. The molecule has 0 atom stereocenters. The Labute approximate surface area is 184 Å². The van der Waals surface area contributed by atoms with Crippen molar-refractivity contribution in [3.63, 3.8) is 0 Å². The van der Waals surface area contributed by atoms with Crippen LogP contribution in [0.4, 0.5) is 9.80 Å². The zero-order valence-electron chi connectivity index (χ0n) is 17.1. The Hall–Kier alpha value is -3.63. The fraction of sp³-hybridized carbons (Fsp3) is 0.208. The number of fused-ring (bicyclic) bond motifs is 1. The smallest absolute Gasteiger partial charge is 0.410 e. The minimum Gasteiger partial charge on any atom is -0.450 e. The predicted molar refractivity (Wildman–Crippen MR) is 120 cm³/mol. The highest BCUT2D eigenvalue weighted by molar-refractivity contribution is 7.16. The van der Waals surface area contributed by atoms with Gasteiger partial charge in [0, 0.05) is 17.0 Å². The highest BCUT2D eigenvalue weighted by atomic mass is 32.1. The van der Waals surface area contributed by atoms with E-state index in [0.29, 0.717) is 42.2 Å². The lowest BCUT2D eigenvalue weighted by molar-refractivity contribution is 0.102. The molecule has 1 aliphatic rings. The van der Waals surface area contributed by atoms with Gasteiger partial charge in [-0.25, -0.2) is 4.79 Å². The third-order valence-electron chi connectivity index (χ3n) is 5.18. The molecule has 2 heterocycles. The second-order valence-electron chi connectivity index (χ2n) is 7.09. The van der Waals surface area contributed by atoms with Crippen molar-refractivity contribution >= 4 is 28.3 Å². The molecular weight excluding hydrogens is 410 g/mol. The molecule has 1 aliphatic heterocycles. The van der Waals surface area contributed by atoms with Crippen molar-refractivity contribution in [2.45, 2.75) is 19.9 Å². The summed E-state index contributed by atoms with van der Waals surface area (Å²) in [5, 5.41) is 13.1. The van der Waals surface area contributed by atoms with Crippen LogP contribution in [0.25, 0.3) is 11.1 Å². The first-order valence-electron chi connectivity index (χ1n) is 10.0. The van der Waals surface area contributed by atoms with Crippen LogP contribution in [0.15, 0.2) is 54.6 Å². The molecule has 3 aromatic rings. The van der Waals surface area contributed by atoms with Crippen molar-refractivity contribution in [2.75, 3.05) is 18.5 Å². The summed E-state index contributed by atoms with van der Waals surface area (Å²) in [6.07, 6.45) is 0.207. The van der Waals surface area contributed by atoms with Gasteiger partial charge in [-0.15, -0.1) is 11.3 Å². The number of thiophene rings is 1. The number of nitrogens with one attached hydrogen (secondary N) is 1. The van der Waals surface area contributed by atoms with E-state index in [1.165, 1.54) is 11.3 Å². The first-order valence-corrected chi connectivity index (χ1v) is 10.9. The molecule has 0 saturated heterocycles. The maximum atomic E-state index is 12.8. The summed E-state index contributed by atoms with van der Waals surface area (Å²) in [6, 6.07) is 19.5. The van der Waals surface area contributed by atoms with E-state index in [0.717, 1.165) is 21.6 Å². The van der Waals surface area contributed by atoms with Crippen LogP contribution in [0, 0.1) is 11.3 Å². The third-order valence-corrected chi connectivity index (χ3v) is 6.31. The largest absolute Gasteiger partial charge is 0.450 e. The Morgan fingerprint density at radius 3 is 2.52 bits per heavy atom. The molecule has 31 heavy (non-hydrogen) atoms. The quantitative estimate of drug-likeness (QED) is 0.626. The number of hydrogen-bond donors (Lipinski definition) is 1. The number of ether oxygens (including phenoxy) is 1. The molecule has 1 N–H and O–H groups in total. The molecule has 0 unspecified atom stereocenters. The Kier molecular flexibility index (Phi) is 6.01. The molecule has 0 bridgehead atoms. The van der Waals surface area contributed by atoms with Crippen LogP contribution in [-0.2, 0) is 17.7 Å². The van der Waals surface area contributed by atoms with Crippen molar-refractivity contribution < 1.29 is 14.3 Å². The van der Waals surface area contributed by atoms with Crippen LogP contribution in [0.5, 0.6) is 0 Å². The maximum absolute atomic E-state index is 12.8. The monoisotopic (exact) mass is 431 g/mol. The highest BCUT2D eigenvalue weighted by Gasteiger charge is 2.28. The average molecular weight is 432 g/mol. The standard InChI is InChI=1S/C24H21N3O3S/c1-2-30-24(29)27-13-12-19-20(14-25)23(31-21(19)15-27)26-22(28)18-10-8-17(9-11-18)16-6-4-3-5-7-16/h3-11H,2,12-13,15H2,1H3,(H,26,28). The number of benzene rings is 2. The summed E-state index contributed by atoms with van der Waals surface area (Å²) >= 11 is 1.34. The molecule has 2 amide bonds. The Balaban J connectivity index is 1.51. The molecule has 0 aliphatic carbocycles. The SMILES string of the molecule is CCOC(=O)N1CCc2c(sc(NC(=O)c3ccc(-c4ccccc4)cc3)c2C#N)C1. The van der Waals surface area contributed by atoms with E-state index in [-0.39, 0.29) is 12.0 Å². The van der Waals surface area contributed by atoms with Gasteiger partial charge >= 0.3 is 6.09 Å². The minimum absolute atomic E-state index is 0.267. The summed E-state index contributed by atoms with van der Waals surface area (Å²) in [4.78, 5) is 27.4. The lowest BCUT2D eigenvalue weighted by Crippen LogP contribution is -2.35. The van der Waals surface area contributed by atoms with Crippen molar-refractivity contribution in [1.29, 1.82) is 5.26 Å². The first-order chi connectivity index (χ1) is 15.1. The van der Waals surface area contributed by atoms with Crippen LogP contribution in [0.2, 0.25) is 0 Å². The van der Waals surface area contributed by atoms with E-state index >= 15 is 0 Å². The molecule has 0 spiro atoms. The number of nitriles is 1. The van der Waals surface area contributed by atoms with Crippen LogP contribution in [-0.4, -0.2) is 30.1 Å². The Bertz CT molecular complexity index is 1150. The molecule has 0 saturated carbocycles. The highest BCUT2D eigenvalue weighted by Crippen LogP contribution is 2.37. The van der Waals surface area contributed by atoms with E-state index < -0.39 is 0 Å². The average Bonchev–Trinajstić information content (AvgIpc) is 3.16. The number of rotatable bonds is 4. The Morgan fingerprint density at radius 2 is 1.84 bits per heavy atom. The molecule has 6 nitrogen and oxygen atoms in total. The second-order valence-corrected chi connectivity index (χ2v) is 8.19. The van der Waals surface area contributed by atoms with Crippen LogP contribution >= 0.6 is 11.3 Å². The fourth-order valence-electron chi connectivity index (χ4n) is 3.60. The molecule has 0 radical (unpaired) electrons. The molecule has 7 heteroatoms. The summed E-state index contributed by atoms with van der Waals surface area (Å²) in [5.74, 6) is -0.267. The van der Waals surface area contributed by atoms with Gasteiger partial charge in [0.15, 0.2) is 0 Å². The van der Waals surface area contributed by atoms with E-state index in [9.17, 15) is 14.9 Å². The lowest BCUT2D eigenvalue weighted by Gasteiger charge is -2.25. The molecule has 2 aromatic carbocycles.